The van der Waals surface area contributed by atoms with Crippen molar-refractivity contribution in [2.75, 3.05) is 26.9 Å². The van der Waals surface area contributed by atoms with Crippen molar-refractivity contribution in [2.24, 2.45) is 5.73 Å². The maximum Gasteiger partial charge on any atom is 0.0716 e. The fourth-order valence-electron chi connectivity index (χ4n) is 0.684. The quantitative estimate of drug-likeness (QED) is 0.414. The molecule has 9 heavy (non-hydrogen) atoms. The van der Waals surface area contributed by atoms with Crippen LogP contribution in [0.4, 0.5) is 0 Å². The lowest BCUT2D eigenvalue weighted by molar-refractivity contribution is 0.272. The monoisotopic (exact) mass is 127 g/mol. The molecule has 0 atom stereocenters. The molecule has 0 aromatic rings. The molecule has 3 heteroatoms. The Morgan fingerprint density at radius 1 is 1.89 bits per heavy atom. The Balaban J connectivity index is 2.11. The highest BCUT2D eigenvalue weighted by Gasteiger charge is 2.22. The topological polar surface area (TPSA) is 32.3 Å². The average Bonchev–Trinajstić information content (AvgIpc) is 2.47. The van der Waals surface area contributed by atoms with Crippen LogP contribution in [0.15, 0.2) is 12.3 Å². The molecule has 1 rings (SSSR count). The van der Waals surface area contributed by atoms with Crippen LogP contribution in [-0.2, 0) is 0 Å². The molecule has 0 radical (unpaired) electrons. The van der Waals surface area contributed by atoms with Gasteiger partial charge in [-0.1, -0.05) is 6.58 Å². The number of nitrogens with two attached hydrogens (primary N) is 1. The first kappa shape index (κ1) is 6.58. The number of hydrogen-bond acceptors (Lipinski definition) is 3. The number of hydrogen-bond donors (Lipinski definition) is 1. The van der Waals surface area contributed by atoms with E-state index in [-0.39, 0.29) is 0 Å². The Morgan fingerprint density at radius 2 is 2.44 bits per heavy atom. The standard InChI is InChI=1S/C6H13N3/c1-6-3-9(6)5-8(2)4-7/h1,3-5,7H2,2H3. The summed E-state index contributed by atoms with van der Waals surface area (Å²) in [7, 11) is 1.99. The Morgan fingerprint density at radius 3 is 2.78 bits per heavy atom. The van der Waals surface area contributed by atoms with Crippen molar-refractivity contribution in [1.82, 2.24) is 9.80 Å². The Kier molecular flexibility index (Phi) is 1.73. The van der Waals surface area contributed by atoms with Crippen LogP contribution >= 0.6 is 0 Å². The molecule has 1 aliphatic heterocycles. The van der Waals surface area contributed by atoms with Crippen LogP contribution in [0.1, 0.15) is 0 Å². The fourth-order valence-corrected chi connectivity index (χ4v) is 0.684. The van der Waals surface area contributed by atoms with Gasteiger partial charge in [-0.05, 0) is 7.05 Å². The third-order valence-corrected chi connectivity index (χ3v) is 1.44. The van der Waals surface area contributed by atoms with Crippen LogP contribution in [0.25, 0.3) is 0 Å². The molecule has 52 valence electrons. The summed E-state index contributed by atoms with van der Waals surface area (Å²) in [5, 5.41) is 0. The molecule has 0 amide bonds. The molecule has 2 N–H and O–H groups in total. The maximum absolute atomic E-state index is 5.36. The lowest BCUT2D eigenvalue weighted by Crippen LogP contribution is -2.30. The van der Waals surface area contributed by atoms with Crippen LogP contribution in [0.3, 0.4) is 0 Å². The summed E-state index contributed by atoms with van der Waals surface area (Å²) < 4.78 is 0. The van der Waals surface area contributed by atoms with Gasteiger partial charge in [-0.3, -0.25) is 4.90 Å². The number of rotatable bonds is 3. The van der Waals surface area contributed by atoms with E-state index in [1.165, 1.54) is 5.70 Å². The van der Waals surface area contributed by atoms with Crippen molar-refractivity contribution >= 4 is 0 Å². The molecule has 1 heterocycles. The molecule has 1 saturated heterocycles. The molecular formula is C6H13N3. The van der Waals surface area contributed by atoms with E-state index in [1.54, 1.807) is 0 Å². The largest absolute Gasteiger partial charge is 0.355 e. The Hall–Kier alpha value is -0.540. The van der Waals surface area contributed by atoms with E-state index in [9.17, 15) is 0 Å². The second kappa shape index (κ2) is 2.37. The second-order valence-electron chi connectivity index (χ2n) is 2.44. The van der Waals surface area contributed by atoms with Gasteiger partial charge in [0.05, 0.1) is 13.2 Å². The third-order valence-electron chi connectivity index (χ3n) is 1.44. The van der Waals surface area contributed by atoms with Gasteiger partial charge in [-0.25, -0.2) is 0 Å². The van der Waals surface area contributed by atoms with E-state index in [0.717, 1.165) is 13.2 Å². The van der Waals surface area contributed by atoms with E-state index in [1.807, 2.05) is 11.9 Å². The van der Waals surface area contributed by atoms with Crippen LogP contribution in [0, 0.1) is 0 Å². The van der Waals surface area contributed by atoms with Crippen LogP contribution in [0.5, 0.6) is 0 Å². The van der Waals surface area contributed by atoms with Gasteiger partial charge < -0.3 is 10.6 Å². The van der Waals surface area contributed by atoms with Crippen molar-refractivity contribution in [1.29, 1.82) is 0 Å². The van der Waals surface area contributed by atoms with Crippen molar-refractivity contribution in [2.45, 2.75) is 0 Å². The van der Waals surface area contributed by atoms with Crippen LogP contribution in [-0.4, -0.2) is 36.7 Å². The summed E-state index contributed by atoms with van der Waals surface area (Å²) in [6.07, 6.45) is 0. The first-order valence-corrected chi connectivity index (χ1v) is 3.05. The lowest BCUT2D eigenvalue weighted by Gasteiger charge is -2.13. The van der Waals surface area contributed by atoms with Crippen LogP contribution < -0.4 is 5.73 Å². The van der Waals surface area contributed by atoms with Gasteiger partial charge in [0.25, 0.3) is 0 Å². The van der Waals surface area contributed by atoms with Gasteiger partial charge in [-0.15, -0.1) is 0 Å². The van der Waals surface area contributed by atoms with Gasteiger partial charge in [0, 0.05) is 12.4 Å². The van der Waals surface area contributed by atoms with Crippen molar-refractivity contribution in [3.8, 4) is 0 Å². The molecule has 0 spiro atoms. The zero-order chi connectivity index (χ0) is 6.85. The van der Waals surface area contributed by atoms with Gasteiger partial charge in [-0.2, -0.15) is 0 Å². The molecule has 3 nitrogen and oxygen atoms in total. The first-order chi connectivity index (χ1) is 4.24. The molecule has 1 aliphatic rings. The van der Waals surface area contributed by atoms with E-state index in [0.29, 0.717) is 6.67 Å². The van der Waals surface area contributed by atoms with E-state index < -0.39 is 0 Å². The van der Waals surface area contributed by atoms with Gasteiger partial charge >= 0.3 is 0 Å². The molecule has 0 bridgehead atoms. The van der Waals surface area contributed by atoms with Gasteiger partial charge in [0.2, 0.25) is 0 Å². The first-order valence-electron chi connectivity index (χ1n) is 3.05. The minimum absolute atomic E-state index is 0.615. The third kappa shape index (κ3) is 1.69. The zero-order valence-corrected chi connectivity index (χ0v) is 5.80. The van der Waals surface area contributed by atoms with Crippen molar-refractivity contribution in [3.05, 3.63) is 12.3 Å². The minimum Gasteiger partial charge on any atom is -0.355 e. The zero-order valence-electron chi connectivity index (χ0n) is 5.80. The van der Waals surface area contributed by atoms with Gasteiger partial charge in [0.15, 0.2) is 0 Å². The molecule has 0 aromatic carbocycles. The molecule has 0 aliphatic carbocycles. The minimum atomic E-state index is 0.615. The Bertz CT molecular complexity index is 121. The van der Waals surface area contributed by atoms with Crippen molar-refractivity contribution < 1.29 is 0 Å². The lowest BCUT2D eigenvalue weighted by atomic mass is 10.8. The fraction of sp³-hybridized carbons (Fsp3) is 0.667. The SMILES string of the molecule is C=C1CN1CN(C)CN. The summed E-state index contributed by atoms with van der Waals surface area (Å²) in [6.45, 7) is 6.38. The highest BCUT2D eigenvalue weighted by atomic mass is 15.4. The predicted octanol–water partition coefficient (Wildman–Crippen LogP) is -0.379. The van der Waals surface area contributed by atoms with E-state index in [4.69, 9.17) is 5.73 Å². The summed E-state index contributed by atoms with van der Waals surface area (Å²) in [5.74, 6) is 0. The molecule has 0 unspecified atom stereocenters. The van der Waals surface area contributed by atoms with Crippen molar-refractivity contribution in [3.63, 3.8) is 0 Å². The van der Waals surface area contributed by atoms with E-state index in [2.05, 4.69) is 11.5 Å². The normalized spacial score (nSPS) is 17.2. The highest BCUT2D eigenvalue weighted by molar-refractivity contribution is 5.12. The molecule has 0 aromatic heterocycles. The van der Waals surface area contributed by atoms with Crippen LogP contribution in [0.2, 0.25) is 0 Å². The summed E-state index contributed by atoms with van der Waals surface area (Å²) >= 11 is 0. The maximum atomic E-state index is 5.36. The summed E-state index contributed by atoms with van der Waals surface area (Å²) in [5.41, 5.74) is 6.58. The number of nitrogens with zero attached hydrogens (tertiary/aromatic N) is 2. The summed E-state index contributed by atoms with van der Waals surface area (Å²) in [4.78, 5) is 4.21. The predicted molar refractivity (Wildman–Crippen MR) is 37.5 cm³/mol. The van der Waals surface area contributed by atoms with Gasteiger partial charge in [0.1, 0.15) is 0 Å². The highest BCUT2D eigenvalue weighted by Crippen LogP contribution is 2.18. The molecular weight excluding hydrogens is 114 g/mol. The molecule has 0 saturated carbocycles. The molecule has 1 fully saturated rings. The average molecular weight is 127 g/mol. The smallest absolute Gasteiger partial charge is 0.0716 e. The Labute approximate surface area is 55.7 Å². The summed E-state index contributed by atoms with van der Waals surface area (Å²) in [6, 6.07) is 0. The second-order valence-corrected chi connectivity index (χ2v) is 2.44. The van der Waals surface area contributed by atoms with E-state index >= 15 is 0 Å².